The number of rotatable bonds is 0. The summed E-state index contributed by atoms with van der Waals surface area (Å²) in [5, 5.41) is 0. The Balaban J connectivity index is 2.48. The topological polar surface area (TPSA) is 40.6 Å². The average molecular weight is 203 g/mol. The number of carbonyl (C=O) groups is 2. The van der Waals surface area contributed by atoms with E-state index in [4.69, 9.17) is 0 Å². The SMILES string of the molecule is CC(=O)N1[CH]N(C(C)=O)c2ccccc21. The van der Waals surface area contributed by atoms with Gasteiger partial charge >= 0.3 is 0 Å². The predicted octanol–water partition coefficient (Wildman–Crippen LogP) is 1.53. The molecule has 1 aliphatic heterocycles. The van der Waals surface area contributed by atoms with Crippen molar-refractivity contribution < 1.29 is 9.59 Å². The van der Waals surface area contributed by atoms with Gasteiger partial charge in [0, 0.05) is 13.8 Å². The van der Waals surface area contributed by atoms with Gasteiger partial charge in [-0.25, -0.2) is 0 Å². The molecule has 2 rings (SSSR count). The Bertz CT molecular complexity index is 389. The van der Waals surface area contributed by atoms with Crippen LogP contribution in [0.2, 0.25) is 0 Å². The zero-order valence-corrected chi connectivity index (χ0v) is 8.60. The van der Waals surface area contributed by atoms with Crippen LogP contribution in [0.4, 0.5) is 11.4 Å². The second-order valence-electron chi connectivity index (χ2n) is 3.38. The summed E-state index contributed by atoms with van der Waals surface area (Å²) in [6.45, 7) is 4.46. The largest absolute Gasteiger partial charge is 0.285 e. The Morgan fingerprint density at radius 2 is 1.33 bits per heavy atom. The molecule has 0 atom stereocenters. The molecule has 4 heteroatoms. The van der Waals surface area contributed by atoms with Crippen molar-refractivity contribution in [1.82, 2.24) is 0 Å². The van der Waals surface area contributed by atoms with Crippen LogP contribution in [0.15, 0.2) is 24.3 Å². The molecule has 0 N–H and O–H groups in total. The van der Waals surface area contributed by atoms with Crippen molar-refractivity contribution in [3.05, 3.63) is 30.9 Å². The summed E-state index contributed by atoms with van der Waals surface area (Å²) in [6.07, 6.45) is 0. The van der Waals surface area contributed by atoms with Crippen LogP contribution in [0.1, 0.15) is 13.8 Å². The minimum atomic E-state index is -0.105. The van der Waals surface area contributed by atoms with Gasteiger partial charge in [0.25, 0.3) is 0 Å². The lowest BCUT2D eigenvalue weighted by atomic mass is 10.2. The van der Waals surface area contributed by atoms with Crippen LogP contribution in [0.3, 0.4) is 0 Å². The van der Waals surface area contributed by atoms with Crippen molar-refractivity contribution in [2.75, 3.05) is 9.80 Å². The summed E-state index contributed by atoms with van der Waals surface area (Å²) >= 11 is 0. The highest BCUT2D eigenvalue weighted by Gasteiger charge is 2.30. The summed E-state index contributed by atoms with van der Waals surface area (Å²) in [7, 11) is 0. The Labute approximate surface area is 88.1 Å². The van der Waals surface area contributed by atoms with E-state index in [1.807, 2.05) is 24.3 Å². The molecule has 1 aromatic carbocycles. The monoisotopic (exact) mass is 203 g/mol. The molecule has 0 saturated heterocycles. The van der Waals surface area contributed by atoms with E-state index in [0.29, 0.717) is 0 Å². The van der Waals surface area contributed by atoms with E-state index in [-0.39, 0.29) is 11.8 Å². The molecule has 15 heavy (non-hydrogen) atoms. The average Bonchev–Trinajstić information content (AvgIpc) is 2.56. The molecule has 0 unspecified atom stereocenters. The van der Waals surface area contributed by atoms with Crippen LogP contribution in [-0.4, -0.2) is 11.8 Å². The van der Waals surface area contributed by atoms with Crippen molar-refractivity contribution in [3.63, 3.8) is 0 Å². The van der Waals surface area contributed by atoms with Gasteiger partial charge in [-0.3, -0.25) is 19.4 Å². The van der Waals surface area contributed by atoms with Crippen molar-refractivity contribution in [3.8, 4) is 0 Å². The highest BCUT2D eigenvalue weighted by molar-refractivity contribution is 6.07. The van der Waals surface area contributed by atoms with Crippen LogP contribution < -0.4 is 9.80 Å². The first-order valence-corrected chi connectivity index (χ1v) is 4.65. The number of para-hydroxylation sites is 2. The van der Waals surface area contributed by atoms with Crippen molar-refractivity contribution >= 4 is 23.2 Å². The maximum atomic E-state index is 11.3. The molecule has 0 aromatic heterocycles. The molecule has 77 valence electrons. The lowest BCUT2D eigenvalue weighted by Gasteiger charge is -2.14. The number of hydrogen-bond acceptors (Lipinski definition) is 2. The third-order valence-electron chi connectivity index (χ3n) is 2.31. The van der Waals surface area contributed by atoms with Crippen LogP contribution in [0.5, 0.6) is 0 Å². The van der Waals surface area contributed by atoms with Gasteiger partial charge in [-0.15, -0.1) is 0 Å². The molecule has 4 nitrogen and oxygen atoms in total. The zero-order chi connectivity index (χ0) is 11.0. The number of carbonyl (C=O) groups excluding carboxylic acids is 2. The normalized spacial score (nSPS) is 14.0. The second kappa shape index (κ2) is 3.38. The van der Waals surface area contributed by atoms with Gasteiger partial charge in [0.1, 0.15) is 0 Å². The number of benzene rings is 1. The van der Waals surface area contributed by atoms with Crippen molar-refractivity contribution in [2.45, 2.75) is 13.8 Å². The van der Waals surface area contributed by atoms with Crippen LogP contribution >= 0.6 is 0 Å². The molecular formula is C11H11N2O2. The molecule has 0 fully saturated rings. The minimum absolute atomic E-state index is 0.105. The van der Waals surface area contributed by atoms with E-state index in [1.165, 1.54) is 30.3 Å². The maximum absolute atomic E-state index is 11.3. The molecule has 0 bridgehead atoms. The molecule has 0 aliphatic carbocycles. The lowest BCUT2D eigenvalue weighted by molar-refractivity contribution is -0.116. The molecular weight excluding hydrogens is 192 g/mol. The third kappa shape index (κ3) is 1.48. The maximum Gasteiger partial charge on any atom is 0.225 e. The second-order valence-corrected chi connectivity index (χ2v) is 3.38. The molecule has 0 saturated carbocycles. The molecule has 1 heterocycles. The van der Waals surface area contributed by atoms with E-state index in [1.54, 1.807) is 0 Å². The summed E-state index contributed by atoms with van der Waals surface area (Å²) in [6, 6.07) is 7.31. The first-order chi connectivity index (χ1) is 7.11. The summed E-state index contributed by atoms with van der Waals surface area (Å²) < 4.78 is 0. The van der Waals surface area contributed by atoms with E-state index in [9.17, 15) is 9.59 Å². The van der Waals surface area contributed by atoms with Crippen LogP contribution in [0.25, 0.3) is 0 Å². The van der Waals surface area contributed by atoms with Gasteiger partial charge in [0.2, 0.25) is 11.8 Å². The van der Waals surface area contributed by atoms with Crippen LogP contribution in [-0.2, 0) is 9.59 Å². The van der Waals surface area contributed by atoms with Gasteiger partial charge in [-0.1, -0.05) is 12.1 Å². The summed E-state index contributed by atoms with van der Waals surface area (Å²) in [5.74, 6) is -0.211. The number of amides is 2. The fourth-order valence-electron chi connectivity index (χ4n) is 1.61. The number of hydrogen-bond donors (Lipinski definition) is 0. The van der Waals surface area contributed by atoms with Gasteiger partial charge in [0.15, 0.2) is 6.67 Å². The third-order valence-corrected chi connectivity index (χ3v) is 2.31. The number of fused-ring (bicyclic) bond motifs is 1. The Morgan fingerprint density at radius 3 is 1.67 bits per heavy atom. The number of nitrogens with zero attached hydrogens (tertiary/aromatic N) is 2. The predicted molar refractivity (Wildman–Crippen MR) is 57.1 cm³/mol. The Hall–Kier alpha value is -1.84. The van der Waals surface area contributed by atoms with Crippen molar-refractivity contribution in [1.29, 1.82) is 0 Å². The number of anilines is 2. The van der Waals surface area contributed by atoms with Gasteiger partial charge < -0.3 is 0 Å². The fraction of sp³-hybridized carbons (Fsp3) is 0.182. The summed E-state index contributed by atoms with van der Waals surface area (Å²) in [4.78, 5) is 25.6. The highest BCUT2D eigenvalue weighted by atomic mass is 16.2. The molecule has 1 aromatic rings. The quantitative estimate of drug-likeness (QED) is 0.641. The Kier molecular flexibility index (Phi) is 2.19. The lowest BCUT2D eigenvalue weighted by Crippen LogP contribution is -2.31. The van der Waals surface area contributed by atoms with Gasteiger partial charge in [-0.05, 0) is 12.1 Å². The minimum Gasteiger partial charge on any atom is -0.285 e. The van der Waals surface area contributed by atoms with E-state index < -0.39 is 0 Å². The standard InChI is InChI=1S/C11H11N2O2/c1-8(14)12-7-13(9(2)15)11-6-4-3-5-10(11)12/h3-7H,1-2H3. The molecule has 1 radical (unpaired) electrons. The van der Waals surface area contributed by atoms with Gasteiger partial charge in [0.05, 0.1) is 11.4 Å². The smallest absolute Gasteiger partial charge is 0.225 e. The van der Waals surface area contributed by atoms with Gasteiger partial charge in [-0.2, -0.15) is 0 Å². The van der Waals surface area contributed by atoms with Crippen LogP contribution in [0, 0.1) is 6.67 Å². The fourth-order valence-corrected chi connectivity index (χ4v) is 1.61. The highest BCUT2D eigenvalue weighted by Crippen LogP contribution is 2.37. The molecule has 1 aliphatic rings. The van der Waals surface area contributed by atoms with E-state index in [2.05, 4.69) is 0 Å². The Morgan fingerprint density at radius 1 is 0.933 bits per heavy atom. The van der Waals surface area contributed by atoms with Crippen molar-refractivity contribution in [2.24, 2.45) is 0 Å². The van der Waals surface area contributed by atoms with E-state index in [0.717, 1.165) is 11.4 Å². The molecule has 0 spiro atoms. The first-order valence-electron chi connectivity index (χ1n) is 4.65. The zero-order valence-electron chi connectivity index (χ0n) is 8.60. The molecule has 2 amide bonds. The van der Waals surface area contributed by atoms with E-state index >= 15 is 0 Å². The first kappa shape index (κ1) is 9.71. The summed E-state index contributed by atoms with van der Waals surface area (Å²) in [5.41, 5.74) is 1.50.